The van der Waals surface area contributed by atoms with Gasteiger partial charge in [0.2, 0.25) is 0 Å². The molecule has 0 radical (unpaired) electrons. The predicted molar refractivity (Wildman–Crippen MR) is 102 cm³/mol. The average Bonchev–Trinajstić information content (AvgIpc) is 2.74. The summed E-state index contributed by atoms with van der Waals surface area (Å²) >= 11 is 0. The number of nitrogens with zero attached hydrogens (tertiary/aromatic N) is 2. The van der Waals surface area contributed by atoms with E-state index >= 15 is 0 Å². The highest BCUT2D eigenvalue weighted by atomic mass is 19.4. The fourth-order valence-electron chi connectivity index (χ4n) is 3.06. The zero-order valence-corrected chi connectivity index (χ0v) is 16.5. The largest absolute Gasteiger partial charge is 0.486 e. The summed E-state index contributed by atoms with van der Waals surface area (Å²) < 4.78 is 53.1. The average molecular weight is 440 g/mol. The number of hydrogen-bond donors (Lipinski definition) is 0. The highest BCUT2D eigenvalue weighted by molar-refractivity contribution is 5.98. The molecule has 3 rings (SSSR count). The third kappa shape index (κ3) is 5.36. The number of fused-ring (bicyclic) bond motifs is 1. The van der Waals surface area contributed by atoms with E-state index in [1.807, 2.05) is 0 Å². The number of alkyl halides is 3. The normalized spacial score (nSPS) is 12.9. The molecule has 166 valence electrons. The smallest absolute Gasteiger partial charge is 0.422 e. The molecule has 2 aromatic rings. The van der Waals surface area contributed by atoms with Gasteiger partial charge in [0.05, 0.1) is 4.92 Å². The van der Waals surface area contributed by atoms with E-state index in [4.69, 9.17) is 9.47 Å². The number of rotatable bonds is 7. The van der Waals surface area contributed by atoms with E-state index in [0.717, 1.165) is 18.2 Å². The van der Waals surface area contributed by atoms with Gasteiger partial charge in [-0.05, 0) is 25.1 Å². The van der Waals surface area contributed by atoms with Gasteiger partial charge in [-0.1, -0.05) is 12.1 Å². The van der Waals surface area contributed by atoms with E-state index in [1.165, 1.54) is 4.90 Å². The van der Waals surface area contributed by atoms with Crippen molar-refractivity contribution >= 4 is 11.6 Å². The first-order valence-corrected chi connectivity index (χ1v) is 9.34. The van der Waals surface area contributed by atoms with E-state index in [0.29, 0.717) is 30.3 Å². The molecule has 0 saturated heterocycles. The van der Waals surface area contributed by atoms with Crippen molar-refractivity contribution < 1.29 is 37.1 Å². The number of carbonyl (C=O) groups is 1. The summed E-state index contributed by atoms with van der Waals surface area (Å²) in [7, 11) is 0. The Balaban J connectivity index is 1.89. The van der Waals surface area contributed by atoms with Crippen LogP contribution in [0.5, 0.6) is 17.2 Å². The molecule has 1 aliphatic heterocycles. The molecule has 1 aliphatic rings. The Morgan fingerprint density at radius 3 is 2.65 bits per heavy atom. The lowest BCUT2D eigenvalue weighted by atomic mass is 10.1. The maximum Gasteiger partial charge on any atom is 0.422 e. The van der Waals surface area contributed by atoms with Gasteiger partial charge in [0, 0.05) is 24.7 Å². The Labute approximate surface area is 175 Å². The van der Waals surface area contributed by atoms with Gasteiger partial charge in [0.25, 0.3) is 11.6 Å². The second kappa shape index (κ2) is 9.11. The van der Waals surface area contributed by atoms with Crippen molar-refractivity contribution in [3.63, 3.8) is 0 Å². The van der Waals surface area contributed by atoms with Gasteiger partial charge in [-0.15, -0.1) is 0 Å². The van der Waals surface area contributed by atoms with Gasteiger partial charge >= 0.3 is 6.18 Å². The zero-order chi connectivity index (χ0) is 22.6. The molecule has 0 aromatic heterocycles. The molecule has 0 saturated carbocycles. The Morgan fingerprint density at radius 2 is 1.97 bits per heavy atom. The first-order chi connectivity index (χ1) is 14.7. The number of halogens is 3. The van der Waals surface area contributed by atoms with Gasteiger partial charge in [0.15, 0.2) is 18.1 Å². The summed E-state index contributed by atoms with van der Waals surface area (Å²) in [6.45, 7) is 1.09. The minimum Gasteiger partial charge on any atom is -0.486 e. The van der Waals surface area contributed by atoms with Crippen LogP contribution in [0.2, 0.25) is 0 Å². The minimum atomic E-state index is -4.59. The van der Waals surface area contributed by atoms with Crippen molar-refractivity contribution in [1.29, 1.82) is 0 Å². The van der Waals surface area contributed by atoms with E-state index in [-0.39, 0.29) is 24.4 Å². The van der Waals surface area contributed by atoms with Gasteiger partial charge in [-0.3, -0.25) is 14.9 Å². The molecule has 31 heavy (non-hydrogen) atoms. The van der Waals surface area contributed by atoms with Gasteiger partial charge in [-0.25, -0.2) is 0 Å². The standard InChI is InChI=1S/C20H19F3N2O6/c1-2-24(11-13-4-3-5-17-18(13)30-9-8-29-17)19(26)15-10-14(31-12-20(21,22)23)6-7-16(15)25(27)28/h3-7,10H,2,8-9,11-12H2,1H3. The maximum absolute atomic E-state index is 13.1. The van der Waals surface area contributed by atoms with Crippen LogP contribution < -0.4 is 14.2 Å². The van der Waals surface area contributed by atoms with E-state index in [1.54, 1.807) is 25.1 Å². The lowest BCUT2D eigenvalue weighted by molar-refractivity contribution is -0.385. The van der Waals surface area contributed by atoms with Crippen LogP contribution in [0.1, 0.15) is 22.8 Å². The summed E-state index contributed by atoms with van der Waals surface area (Å²) in [5.41, 5.74) is -0.259. The first kappa shape index (κ1) is 22.2. The fourth-order valence-corrected chi connectivity index (χ4v) is 3.06. The molecular weight excluding hydrogens is 421 g/mol. The summed E-state index contributed by atoms with van der Waals surface area (Å²) in [5, 5.41) is 11.4. The molecule has 8 nitrogen and oxygen atoms in total. The first-order valence-electron chi connectivity index (χ1n) is 9.34. The Morgan fingerprint density at radius 1 is 1.23 bits per heavy atom. The molecule has 0 N–H and O–H groups in total. The lowest BCUT2D eigenvalue weighted by Crippen LogP contribution is -2.31. The number of hydrogen-bond acceptors (Lipinski definition) is 6. The summed E-state index contributed by atoms with van der Waals surface area (Å²) in [6.07, 6.45) is -4.59. The van der Waals surface area contributed by atoms with Crippen LogP contribution in [0, 0.1) is 10.1 Å². The van der Waals surface area contributed by atoms with E-state index in [2.05, 4.69) is 4.74 Å². The number of nitro benzene ring substituents is 1. The van der Waals surface area contributed by atoms with Gasteiger partial charge < -0.3 is 19.1 Å². The summed E-state index contributed by atoms with van der Waals surface area (Å²) in [4.78, 5) is 25.0. The van der Waals surface area contributed by atoms with Crippen molar-refractivity contribution in [2.45, 2.75) is 19.6 Å². The number of para-hydroxylation sites is 1. The molecule has 11 heteroatoms. The highest BCUT2D eigenvalue weighted by Crippen LogP contribution is 2.35. The van der Waals surface area contributed by atoms with Crippen molar-refractivity contribution in [3.8, 4) is 17.2 Å². The summed E-state index contributed by atoms with van der Waals surface area (Å²) in [5.74, 6) is -0.00492. The van der Waals surface area contributed by atoms with Crippen LogP contribution in [-0.4, -0.2) is 48.3 Å². The Bertz CT molecular complexity index is 980. The van der Waals surface area contributed by atoms with Crippen LogP contribution in [0.3, 0.4) is 0 Å². The SMILES string of the molecule is CCN(Cc1cccc2c1OCCO2)C(=O)c1cc(OCC(F)(F)F)ccc1[N+](=O)[O-]. The topological polar surface area (TPSA) is 91.1 Å². The number of ether oxygens (including phenoxy) is 3. The van der Waals surface area contributed by atoms with Crippen molar-refractivity contribution in [2.75, 3.05) is 26.4 Å². The van der Waals surface area contributed by atoms with Crippen LogP contribution >= 0.6 is 0 Å². The molecule has 1 heterocycles. The summed E-state index contributed by atoms with van der Waals surface area (Å²) in [6, 6.07) is 8.12. The third-order valence-corrected chi connectivity index (χ3v) is 4.48. The van der Waals surface area contributed by atoms with Crippen LogP contribution in [0.25, 0.3) is 0 Å². The quantitative estimate of drug-likeness (QED) is 0.478. The second-order valence-corrected chi connectivity index (χ2v) is 6.60. The predicted octanol–water partition coefficient (Wildman–Crippen LogP) is 3.97. The van der Waals surface area contributed by atoms with Crippen LogP contribution in [0.4, 0.5) is 18.9 Å². The third-order valence-electron chi connectivity index (χ3n) is 4.48. The minimum absolute atomic E-state index is 0.0622. The van der Waals surface area contributed by atoms with Crippen molar-refractivity contribution in [2.24, 2.45) is 0 Å². The molecule has 0 spiro atoms. The number of nitro groups is 1. The fraction of sp³-hybridized carbons (Fsp3) is 0.350. The molecule has 0 fully saturated rings. The van der Waals surface area contributed by atoms with E-state index < -0.39 is 29.3 Å². The molecule has 1 amide bonds. The Kier molecular flexibility index (Phi) is 6.52. The van der Waals surface area contributed by atoms with Gasteiger partial charge in [-0.2, -0.15) is 13.2 Å². The molecule has 0 atom stereocenters. The number of carbonyl (C=O) groups excluding carboxylic acids is 1. The zero-order valence-electron chi connectivity index (χ0n) is 16.5. The van der Waals surface area contributed by atoms with Crippen LogP contribution in [-0.2, 0) is 6.54 Å². The van der Waals surface area contributed by atoms with E-state index in [9.17, 15) is 28.1 Å². The Hall–Kier alpha value is -3.50. The van der Waals surface area contributed by atoms with Crippen molar-refractivity contribution in [1.82, 2.24) is 4.90 Å². The molecule has 2 aromatic carbocycles. The molecular formula is C20H19F3N2O6. The molecule has 0 aliphatic carbocycles. The van der Waals surface area contributed by atoms with Gasteiger partial charge in [0.1, 0.15) is 24.5 Å². The maximum atomic E-state index is 13.1. The lowest BCUT2D eigenvalue weighted by Gasteiger charge is -2.25. The molecule has 0 bridgehead atoms. The number of benzene rings is 2. The van der Waals surface area contributed by atoms with Crippen LogP contribution in [0.15, 0.2) is 36.4 Å². The molecule has 0 unspecified atom stereocenters. The highest BCUT2D eigenvalue weighted by Gasteiger charge is 2.30. The second-order valence-electron chi connectivity index (χ2n) is 6.60. The number of amides is 1. The van der Waals surface area contributed by atoms with Crippen molar-refractivity contribution in [3.05, 3.63) is 57.6 Å². The monoisotopic (exact) mass is 440 g/mol.